The van der Waals surface area contributed by atoms with E-state index in [0.717, 1.165) is 11.8 Å². The average molecular weight is 701 g/mol. The second-order valence-corrected chi connectivity index (χ2v) is 21.4. The Balaban J connectivity index is 2.22. The van der Waals surface area contributed by atoms with Crippen molar-refractivity contribution in [1.29, 1.82) is 0 Å². The van der Waals surface area contributed by atoms with Gasteiger partial charge in [0.05, 0.1) is 0 Å². The van der Waals surface area contributed by atoms with Crippen LogP contribution in [0, 0.1) is 22.7 Å². The molecule has 2 aliphatic rings. The van der Waals surface area contributed by atoms with Gasteiger partial charge in [-0.2, -0.15) is 0 Å². The Bertz CT molecular complexity index is 781. The molecule has 50 heavy (non-hydrogen) atoms. The zero-order valence-electron chi connectivity index (χ0n) is 37.0. The molecule has 2 heteroatoms. The zero-order chi connectivity index (χ0) is 37.4. The molecule has 0 aromatic carbocycles. The van der Waals surface area contributed by atoms with Gasteiger partial charge in [0, 0.05) is 22.2 Å². The Hall–Kier alpha value is -0.0800. The van der Waals surface area contributed by atoms with E-state index < -0.39 is 0 Å². The Morgan fingerprint density at radius 1 is 0.360 bits per heavy atom. The molecule has 2 unspecified atom stereocenters. The summed E-state index contributed by atoms with van der Waals surface area (Å²) in [6.45, 7) is 30.3. The van der Waals surface area contributed by atoms with Crippen LogP contribution >= 0.6 is 0 Å². The summed E-state index contributed by atoms with van der Waals surface area (Å²) in [7, 11) is 0. The first-order chi connectivity index (χ1) is 23.4. The van der Waals surface area contributed by atoms with Gasteiger partial charge in [0.2, 0.25) is 0 Å². The fourth-order valence-electron chi connectivity index (χ4n) is 11.8. The van der Waals surface area contributed by atoms with Crippen molar-refractivity contribution in [2.45, 2.75) is 285 Å². The number of unbranched alkanes of at least 4 members (excludes halogenated alkanes) is 20. The maximum atomic E-state index is 4.08. The molecule has 2 atom stereocenters. The topological polar surface area (TPSA) is 24.1 Å². The van der Waals surface area contributed by atoms with Crippen LogP contribution in [0.1, 0.15) is 263 Å². The lowest BCUT2D eigenvalue weighted by molar-refractivity contribution is -0.112. The first kappa shape index (κ1) is 46.1. The minimum atomic E-state index is 0.189. The fourth-order valence-corrected chi connectivity index (χ4v) is 11.8. The van der Waals surface area contributed by atoms with Gasteiger partial charge in [-0.3, -0.25) is 0 Å². The van der Waals surface area contributed by atoms with Gasteiger partial charge in [0.1, 0.15) is 0 Å². The highest BCUT2D eigenvalue weighted by Gasteiger charge is 2.57. The van der Waals surface area contributed by atoms with Crippen molar-refractivity contribution in [3.05, 3.63) is 0 Å². The van der Waals surface area contributed by atoms with E-state index in [0.29, 0.717) is 10.8 Å². The number of rotatable bonds is 27. The summed E-state index contributed by atoms with van der Waals surface area (Å²) in [5.74, 6) is 1.52. The molecule has 0 radical (unpaired) electrons. The summed E-state index contributed by atoms with van der Waals surface area (Å²) in [4.78, 5) is 0. The predicted octanol–water partition coefficient (Wildman–Crippen LogP) is 15.5. The van der Waals surface area contributed by atoms with Crippen molar-refractivity contribution in [1.82, 2.24) is 10.6 Å². The molecule has 0 amide bonds. The zero-order valence-corrected chi connectivity index (χ0v) is 37.0. The van der Waals surface area contributed by atoms with Crippen molar-refractivity contribution in [2.24, 2.45) is 22.7 Å². The summed E-state index contributed by atoms with van der Waals surface area (Å²) >= 11 is 0. The molecule has 0 aromatic rings. The molecule has 2 N–H and O–H groups in total. The monoisotopic (exact) mass is 701 g/mol. The molecule has 2 saturated heterocycles. The van der Waals surface area contributed by atoms with Gasteiger partial charge in [0.15, 0.2) is 0 Å². The molecule has 0 bridgehead atoms. The Morgan fingerprint density at radius 3 is 0.780 bits per heavy atom. The SMILES string of the molecule is CCCCCCCCCCCCCC(C)(C1CC(C)(C)NC(C)(C)C1)C(C)(CCCCCCCCCCCCC)C1CC(C)(C)NC(C)(C)C1. The van der Waals surface area contributed by atoms with Crippen LogP contribution in [0.4, 0.5) is 0 Å². The van der Waals surface area contributed by atoms with Gasteiger partial charge in [-0.15, -0.1) is 0 Å². The first-order valence-corrected chi connectivity index (χ1v) is 23.0. The van der Waals surface area contributed by atoms with E-state index >= 15 is 0 Å². The van der Waals surface area contributed by atoms with Gasteiger partial charge in [-0.25, -0.2) is 0 Å². The largest absolute Gasteiger partial charge is 0.307 e. The molecule has 2 heterocycles. The van der Waals surface area contributed by atoms with Crippen LogP contribution < -0.4 is 10.6 Å². The summed E-state index contributed by atoms with van der Waals surface area (Å²) < 4.78 is 0. The van der Waals surface area contributed by atoms with Crippen LogP contribution in [0.25, 0.3) is 0 Å². The standard InChI is InChI=1S/C48H96N2/c1-13-15-17-19-21-23-25-27-29-31-33-35-47(11,41-37-43(3,4)49-44(5,6)38-41)48(12,42-39-45(7,8)50-46(9,10)40-42)36-34-32-30-28-26-24-22-20-18-16-14-2/h41-42,49-50H,13-40H2,1-12H3. The second kappa shape index (κ2) is 21.7. The van der Waals surface area contributed by atoms with Gasteiger partial charge in [-0.05, 0) is 117 Å². The van der Waals surface area contributed by atoms with Crippen LogP contribution in [0.15, 0.2) is 0 Å². The van der Waals surface area contributed by atoms with Gasteiger partial charge in [-0.1, -0.05) is 169 Å². The molecular weight excluding hydrogens is 605 g/mol. The van der Waals surface area contributed by atoms with Crippen LogP contribution in [-0.2, 0) is 0 Å². The maximum absolute atomic E-state index is 4.08. The smallest absolute Gasteiger partial charge is 0.0132 e. The number of nitrogens with one attached hydrogen (secondary N) is 2. The highest BCUT2D eigenvalue weighted by molar-refractivity contribution is 5.10. The van der Waals surface area contributed by atoms with Crippen LogP contribution in [0.2, 0.25) is 0 Å². The fraction of sp³-hybridized carbons (Fsp3) is 1.00. The average Bonchev–Trinajstić information content (AvgIpc) is 2.99. The first-order valence-electron chi connectivity index (χ1n) is 23.0. The van der Waals surface area contributed by atoms with Gasteiger partial charge in [0.25, 0.3) is 0 Å². The van der Waals surface area contributed by atoms with E-state index in [9.17, 15) is 0 Å². The molecular formula is C48H96N2. The normalized spacial score (nSPS) is 23.0. The quantitative estimate of drug-likeness (QED) is 0.0834. The summed E-state index contributed by atoms with van der Waals surface area (Å²) in [6.07, 6.45) is 39.7. The molecule has 0 saturated carbocycles. The van der Waals surface area contributed by atoms with Crippen LogP contribution in [0.3, 0.4) is 0 Å². The molecule has 2 nitrogen and oxygen atoms in total. The number of hydrogen-bond acceptors (Lipinski definition) is 2. The van der Waals surface area contributed by atoms with Crippen LogP contribution in [0.5, 0.6) is 0 Å². The third-order valence-corrected chi connectivity index (χ3v) is 14.1. The molecule has 2 rings (SSSR count). The summed E-state index contributed by atoms with van der Waals surface area (Å²) in [5.41, 5.74) is 1.44. The van der Waals surface area contributed by atoms with E-state index in [1.165, 1.54) is 180 Å². The number of hydrogen-bond donors (Lipinski definition) is 2. The van der Waals surface area contributed by atoms with Crippen LogP contribution in [-0.4, -0.2) is 22.2 Å². The minimum absolute atomic E-state index is 0.189. The minimum Gasteiger partial charge on any atom is -0.307 e. The van der Waals surface area contributed by atoms with E-state index in [4.69, 9.17) is 0 Å². The van der Waals surface area contributed by atoms with Crippen molar-refractivity contribution in [3.8, 4) is 0 Å². The lowest BCUT2D eigenvalue weighted by atomic mass is 9.45. The van der Waals surface area contributed by atoms with E-state index in [1.54, 1.807) is 0 Å². The molecule has 0 aliphatic carbocycles. The molecule has 0 aromatic heterocycles. The Kier molecular flexibility index (Phi) is 20.0. The summed E-state index contributed by atoms with van der Waals surface area (Å²) in [5, 5.41) is 8.17. The number of piperidine rings is 2. The molecule has 298 valence electrons. The van der Waals surface area contributed by atoms with Gasteiger partial charge < -0.3 is 10.6 Å². The van der Waals surface area contributed by atoms with Crippen molar-refractivity contribution in [2.75, 3.05) is 0 Å². The molecule has 2 aliphatic heterocycles. The highest BCUT2D eigenvalue weighted by atomic mass is 15.1. The van der Waals surface area contributed by atoms with E-state index in [1.807, 2.05) is 0 Å². The van der Waals surface area contributed by atoms with Gasteiger partial charge >= 0.3 is 0 Å². The lowest BCUT2D eigenvalue weighted by Crippen LogP contribution is -2.64. The third-order valence-electron chi connectivity index (χ3n) is 14.1. The molecule has 0 spiro atoms. The van der Waals surface area contributed by atoms with E-state index in [-0.39, 0.29) is 22.2 Å². The predicted molar refractivity (Wildman–Crippen MR) is 226 cm³/mol. The third kappa shape index (κ3) is 16.1. The van der Waals surface area contributed by atoms with Crippen molar-refractivity contribution in [3.63, 3.8) is 0 Å². The van der Waals surface area contributed by atoms with E-state index in [2.05, 4.69) is 93.7 Å². The highest BCUT2D eigenvalue weighted by Crippen LogP contribution is 2.62. The van der Waals surface area contributed by atoms with Crippen molar-refractivity contribution >= 4 is 0 Å². The van der Waals surface area contributed by atoms with Crippen molar-refractivity contribution < 1.29 is 0 Å². The maximum Gasteiger partial charge on any atom is 0.0132 e. The summed E-state index contributed by atoms with van der Waals surface area (Å²) in [6, 6.07) is 0. The molecule has 2 fully saturated rings. The Labute approximate surface area is 317 Å². The lowest BCUT2D eigenvalue weighted by Gasteiger charge is -2.63. The Morgan fingerprint density at radius 2 is 0.560 bits per heavy atom. The second-order valence-electron chi connectivity index (χ2n) is 21.4.